The van der Waals surface area contributed by atoms with Crippen LogP contribution in [0.4, 0.5) is 5.69 Å². The number of aliphatic hydroxyl groups is 1. The Balaban J connectivity index is 1.40. The molecular formula is C37H53ClN4O7. The molecule has 1 aromatic rings. The number of likely N-dealkylation sites (tertiary alicyclic amines) is 1. The van der Waals surface area contributed by atoms with Crippen LogP contribution in [0.1, 0.15) is 105 Å². The first kappa shape index (κ1) is 37.1. The summed E-state index contributed by atoms with van der Waals surface area (Å²) in [5, 5.41) is 17.2. The maximum atomic E-state index is 14.6. The molecule has 1 spiro atoms. The third-order valence-electron chi connectivity index (χ3n) is 10.5. The average Bonchev–Trinajstić information content (AvgIpc) is 3.70. The fourth-order valence-electron chi connectivity index (χ4n) is 7.68. The number of benzene rings is 1. The lowest BCUT2D eigenvalue weighted by Gasteiger charge is -2.36. The zero-order valence-corrected chi connectivity index (χ0v) is 30.1. The predicted molar refractivity (Wildman–Crippen MR) is 186 cm³/mol. The molecule has 2 aliphatic heterocycles. The third kappa shape index (κ3) is 9.14. The van der Waals surface area contributed by atoms with Crippen LogP contribution in [-0.4, -0.2) is 83.0 Å². The van der Waals surface area contributed by atoms with Crippen LogP contribution in [0.25, 0.3) is 0 Å². The number of esters is 1. The highest BCUT2D eigenvalue weighted by atomic mass is 35.5. The van der Waals surface area contributed by atoms with Gasteiger partial charge in [-0.05, 0) is 68.1 Å². The van der Waals surface area contributed by atoms with E-state index in [0.717, 1.165) is 38.5 Å². The number of aliphatic hydroxyl groups excluding tert-OH is 1. The quantitative estimate of drug-likeness (QED) is 0.272. The molecule has 1 aromatic carbocycles. The molecule has 1 unspecified atom stereocenters. The van der Waals surface area contributed by atoms with Crippen LogP contribution in [0.5, 0.6) is 0 Å². The lowest BCUT2D eigenvalue weighted by molar-refractivity contribution is -0.166. The molecule has 4 aliphatic rings. The van der Waals surface area contributed by atoms with Crippen molar-refractivity contribution < 1.29 is 33.8 Å². The van der Waals surface area contributed by atoms with Crippen molar-refractivity contribution in [1.82, 2.24) is 15.5 Å². The van der Waals surface area contributed by atoms with Gasteiger partial charge in [0.25, 0.3) is 5.91 Å². The predicted octanol–water partition coefficient (Wildman–Crippen LogP) is 4.52. The number of rotatable bonds is 12. The van der Waals surface area contributed by atoms with Gasteiger partial charge in [-0.3, -0.25) is 19.2 Å². The van der Waals surface area contributed by atoms with Crippen LogP contribution >= 0.6 is 11.6 Å². The first-order chi connectivity index (χ1) is 23.2. The summed E-state index contributed by atoms with van der Waals surface area (Å²) in [6, 6.07) is 5.01. The Bertz CT molecular complexity index is 1410. The molecule has 12 heteroatoms. The molecule has 270 valence electrons. The van der Waals surface area contributed by atoms with E-state index < -0.39 is 52.9 Å². The van der Waals surface area contributed by atoms with Crippen molar-refractivity contribution in [2.75, 3.05) is 18.0 Å². The minimum Gasteiger partial charge on any atom is -0.458 e. The van der Waals surface area contributed by atoms with Gasteiger partial charge in [-0.2, -0.15) is 0 Å². The fraction of sp³-hybridized carbons (Fsp3) is 0.703. The van der Waals surface area contributed by atoms with Gasteiger partial charge in [0, 0.05) is 48.1 Å². The van der Waals surface area contributed by atoms with Gasteiger partial charge < -0.3 is 30.3 Å². The Kier molecular flexibility index (Phi) is 11.6. The van der Waals surface area contributed by atoms with Crippen molar-refractivity contribution in [3.63, 3.8) is 0 Å². The second kappa shape index (κ2) is 15.4. The molecule has 5 rings (SSSR count). The fourth-order valence-corrected chi connectivity index (χ4v) is 7.87. The minimum absolute atomic E-state index is 0.0212. The first-order valence-electron chi connectivity index (χ1n) is 18.0. The number of ether oxygens (including phenoxy) is 1. The van der Waals surface area contributed by atoms with Gasteiger partial charge in [-0.15, -0.1) is 0 Å². The Morgan fingerprint density at radius 3 is 2.43 bits per heavy atom. The lowest BCUT2D eigenvalue weighted by Crippen LogP contribution is -2.57. The molecule has 2 saturated carbocycles. The number of hydrogen-bond donors (Lipinski definition) is 3. The Labute approximate surface area is 294 Å². The first-order valence-corrected chi connectivity index (χ1v) is 18.4. The highest BCUT2D eigenvalue weighted by molar-refractivity contribution is 6.31. The number of nitrogens with one attached hydrogen (secondary N) is 2. The molecule has 49 heavy (non-hydrogen) atoms. The Hall–Kier alpha value is -3.18. The largest absolute Gasteiger partial charge is 0.458 e. The zero-order valence-electron chi connectivity index (χ0n) is 29.3. The van der Waals surface area contributed by atoms with Crippen LogP contribution in [0, 0.1) is 16.7 Å². The van der Waals surface area contributed by atoms with Crippen LogP contribution in [0.3, 0.4) is 0 Å². The number of carbonyl (C=O) groups is 5. The van der Waals surface area contributed by atoms with Gasteiger partial charge in [0.2, 0.25) is 17.7 Å². The van der Waals surface area contributed by atoms with Gasteiger partial charge in [0.05, 0.1) is 0 Å². The second-order valence-electron chi connectivity index (χ2n) is 15.9. The molecule has 5 atom stereocenters. The highest BCUT2D eigenvalue weighted by Crippen LogP contribution is 2.46. The lowest BCUT2D eigenvalue weighted by atomic mass is 9.84. The molecule has 2 saturated heterocycles. The number of amides is 4. The number of anilines is 1. The molecule has 2 aliphatic carbocycles. The summed E-state index contributed by atoms with van der Waals surface area (Å²) in [4.78, 5) is 71.4. The Morgan fingerprint density at radius 1 is 1.08 bits per heavy atom. The van der Waals surface area contributed by atoms with E-state index in [1.165, 1.54) is 11.3 Å². The molecular weight excluding hydrogens is 648 g/mol. The molecule has 11 nitrogen and oxygen atoms in total. The second-order valence-corrected chi connectivity index (χ2v) is 16.3. The van der Waals surface area contributed by atoms with Crippen LogP contribution in [0.2, 0.25) is 5.02 Å². The summed E-state index contributed by atoms with van der Waals surface area (Å²) in [7, 11) is 0. The van der Waals surface area contributed by atoms with Gasteiger partial charge in [0.1, 0.15) is 18.2 Å². The third-order valence-corrected chi connectivity index (χ3v) is 10.7. The van der Waals surface area contributed by atoms with E-state index in [1.54, 1.807) is 29.2 Å². The normalized spacial score (nSPS) is 24.9. The van der Waals surface area contributed by atoms with Gasteiger partial charge >= 0.3 is 5.97 Å². The summed E-state index contributed by atoms with van der Waals surface area (Å²) in [5.41, 5.74) is -0.826. The highest BCUT2D eigenvalue weighted by Gasteiger charge is 2.56. The van der Waals surface area contributed by atoms with Crippen molar-refractivity contribution in [2.45, 2.75) is 135 Å². The summed E-state index contributed by atoms with van der Waals surface area (Å²) in [6.45, 7) is 7.86. The number of nitrogens with zero attached hydrogens (tertiary/aromatic N) is 2. The molecule has 4 fully saturated rings. The monoisotopic (exact) mass is 700 g/mol. The van der Waals surface area contributed by atoms with E-state index in [2.05, 4.69) is 10.6 Å². The smallest absolute Gasteiger partial charge is 0.329 e. The van der Waals surface area contributed by atoms with Crippen molar-refractivity contribution in [1.29, 1.82) is 0 Å². The molecule has 0 radical (unpaired) electrons. The van der Waals surface area contributed by atoms with Gasteiger partial charge in [0.15, 0.2) is 6.10 Å². The average molecular weight is 701 g/mol. The topological polar surface area (TPSA) is 145 Å². The zero-order chi connectivity index (χ0) is 35.5. The van der Waals surface area contributed by atoms with E-state index in [1.807, 2.05) is 27.7 Å². The van der Waals surface area contributed by atoms with Crippen molar-refractivity contribution >= 4 is 46.9 Å². The van der Waals surface area contributed by atoms with Crippen molar-refractivity contribution in [3.8, 4) is 0 Å². The minimum atomic E-state index is -1.56. The molecule has 0 bridgehead atoms. The maximum Gasteiger partial charge on any atom is 0.329 e. The van der Waals surface area contributed by atoms with E-state index in [9.17, 15) is 29.1 Å². The van der Waals surface area contributed by atoms with Gasteiger partial charge in [-0.1, -0.05) is 71.0 Å². The summed E-state index contributed by atoms with van der Waals surface area (Å²) >= 11 is 6.25. The van der Waals surface area contributed by atoms with E-state index in [0.29, 0.717) is 23.6 Å². The Morgan fingerprint density at radius 2 is 1.80 bits per heavy atom. The van der Waals surface area contributed by atoms with E-state index >= 15 is 0 Å². The van der Waals surface area contributed by atoms with Crippen molar-refractivity contribution in [2.24, 2.45) is 16.7 Å². The molecule has 0 aromatic heterocycles. The summed E-state index contributed by atoms with van der Waals surface area (Å²) in [5.74, 6) is -1.80. The van der Waals surface area contributed by atoms with E-state index in [-0.39, 0.29) is 56.1 Å². The van der Waals surface area contributed by atoms with E-state index in [4.69, 9.17) is 16.3 Å². The molecule has 2 heterocycles. The van der Waals surface area contributed by atoms with Gasteiger partial charge in [-0.25, -0.2) is 4.79 Å². The number of hydrogen-bond acceptors (Lipinski definition) is 7. The molecule has 4 amide bonds. The number of halogens is 1. The van der Waals surface area contributed by atoms with Crippen LogP contribution in [0.15, 0.2) is 24.3 Å². The standard InChI is InChI=1S/C37H53ClN4O7/c1-5-10-28(31(45)33(46)39-25-15-16-25)49-35(48)27-19-37(20-30(44)41(21-37)26-14-9-13-24(38)18-26)22-42(27)34(47)32(36(2,3)4)40-29(43)17-23-11-7-6-8-12-23/h9,13-14,18,23,25,27-28,31-32,45H,5-8,10-12,15-17,19-22H2,1-4H3,(H,39,46)(H,40,43)/t27-,28-,31?,32+,37-/m0/s1. The van der Waals surface area contributed by atoms with Crippen LogP contribution in [-0.2, 0) is 28.7 Å². The SMILES string of the molecule is CCC[C@H](OC(=O)[C@@H]1C[C@@]2(CC(=O)N(c3cccc(Cl)c3)C2)CN1C(=O)[C@@H](NC(=O)CC1CCCCC1)C(C)(C)C)C(O)C(=O)NC1CC1. The maximum absolute atomic E-state index is 14.6. The van der Waals surface area contributed by atoms with Crippen LogP contribution < -0.4 is 15.5 Å². The summed E-state index contributed by atoms with van der Waals surface area (Å²) in [6.07, 6.45) is 5.77. The molecule has 3 N–H and O–H groups in total. The van der Waals surface area contributed by atoms with Crippen molar-refractivity contribution in [3.05, 3.63) is 29.3 Å². The number of carbonyl (C=O) groups excluding carboxylic acids is 5. The summed E-state index contributed by atoms with van der Waals surface area (Å²) < 4.78 is 5.90.